The van der Waals surface area contributed by atoms with Crippen LogP contribution < -0.4 is 20.3 Å². The third-order valence-electron chi connectivity index (χ3n) is 25.9. The van der Waals surface area contributed by atoms with Crippen molar-refractivity contribution in [3.63, 3.8) is 0 Å². The van der Waals surface area contributed by atoms with Gasteiger partial charge < -0.3 is 25.3 Å². The highest BCUT2D eigenvalue weighted by molar-refractivity contribution is 9.10. The van der Waals surface area contributed by atoms with Gasteiger partial charge in [0.15, 0.2) is 0 Å². The zero-order chi connectivity index (χ0) is 103. The van der Waals surface area contributed by atoms with E-state index in [1.54, 1.807) is 35.4 Å². The van der Waals surface area contributed by atoms with Crippen LogP contribution in [-0.4, -0.2) is 57.2 Å². The van der Waals surface area contributed by atoms with E-state index in [4.69, 9.17) is 10.5 Å². The molecule has 15 rings (SSSR count). The number of ether oxygens (including phenoxy) is 1. The minimum Gasteiger partial charge on any atom is -0.497 e. The Morgan fingerprint density at radius 3 is 1.17 bits per heavy atom. The van der Waals surface area contributed by atoms with Gasteiger partial charge in [0.1, 0.15) is 5.75 Å². The largest absolute Gasteiger partial charge is 0.497 e. The summed E-state index contributed by atoms with van der Waals surface area (Å²) in [6.45, 7) is 53.4. The number of nitrogens with zero attached hydrogens (tertiary/aromatic N) is 6. The van der Waals surface area contributed by atoms with Crippen molar-refractivity contribution in [3.8, 4) is 5.75 Å². The number of aromatic amines is 1. The zero-order valence-electron chi connectivity index (χ0n) is 92.8. The minimum absolute atomic E-state index is 0.626. The molecule has 0 amide bonds. The van der Waals surface area contributed by atoms with Crippen molar-refractivity contribution in [1.82, 2.24) is 25.0 Å². The predicted octanol–water partition coefficient (Wildman–Crippen LogP) is 36.7. The molecule has 3 aromatic heterocycles. The molecular formula is C131H195BrN8O. The minimum atomic E-state index is 0.626. The molecule has 0 saturated heterocycles. The van der Waals surface area contributed by atoms with Crippen LogP contribution in [0.5, 0.6) is 5.75 Å². The van der Waals surface area contributed by atoms with Crippen molar-refractivity contribution >= 4 is 43.9 Å². The van der Waals surface area contributed by atoms with Crippen LogP contribution in [0.4, 0.5) is 17.1 Å². The van der Waals surface area contributed by atoms with Crippen molar-refractivity contribution < 1.29 is 4.74 Å². The fourth-order valence-corrected chi connectivity index (χ4v) is 18.2. The first-order chi connectivity index (χ1) is 67.8. The van der Waals surface area contributed by atoms with E-state index >= 15 is 0 Å². The number of para-hydroxylation sites is 3. The Balaban J connectivity index is 0.000000274. The van der Waals surface area contributed by atoms with Gasteiger partial charge in [0, 0.05) is 75.7 Å². The molecule has 2 aliphatic heterocycles. The fourth-order valence-electron chi connectivity index (χ4n) is 17.9. The van der Waals surface area contributed by atoms with Gasteiger partial charge in [-0.1, -0.05) is 374 Å². The highest BCUT2D eigenvalue weighted by atomic mass is 79.9. The quantitative estimate of drug-likeness (QED) is 0.0294. The summed E-state index contributed by atoms with van der Waals surface area (Å²) in [5.74, 6) is 9.27. The molecule has 12 aromatic rings. The summed E-state index contributed by atoms with van der Waals surface area (Å²) in [5.41, 5.74) is 26.7. The number of hydrogen-bond acceptors (Lipinski definition) is 7. The second-order valence-electron chi connectivity index (χ2n) is 43.7. The van der Waals surface area contributed by atoms with Gasteiger partial charge in [-0.3, -0.25) is 4.98 Å². The zero-order valence-corrected chi connectivity index (χ0v) is 94.4. The smallest absolute Gasteiger partial charge is 0.118 e. The lowest BCUT2D eigenvalue weighted by atomic mass is 9.95. The molecule has 0 saturated carbocycles. The molecular weight excluding hydrogens is 1780 g/mol. The predicted molar refractivity (Wildman–Crippen MR) is 623 cm³/mol. The van der Waals surface area contributed by atoms with Gasteiger partial charge in [-0.25, -0.2) is 0 Å². The first-order valence-electron chi connectivity index (χ1n) is 55.2. The molecule has 0 fully saturated rings. The van der Waals surface area contributed by atoms with Gasteiger partial charge in [0.05, 0.1) is 26.0 Å². The van der Waals surface area contributed by atoms with Crippen LogP contribution in [-0.2, 0) is 77.2 Å². The number of rotatable bonds is 38. The molecule has 0 radical (unpaired) electrons. The highest BCUT2D eigenvalue weighted by Crippen LogP contribution is 2.33. The maximum Gasteiger partial charge on any atom is 0.118 e. The summed E-state index contributed by atoms with van der Waals surface area (Å²) < 4.78 is 6.28. The molecule has 9 nitrogen and oxygen atoms in total. The number of aryl methyl sites for hydroxylation is 9. The molecule has 772 valence electrons. The van der Waals surface area contributed by atoms with E-state index in [1.807, 2.05) is 36.5 Å². The number of nitrogens with two attached hydrogens (primary N) is 1. The molecule has 0 atom stereocenters. The van der Waals surface area contributed by atoms with E-state index in [9.17, 15) is 0 Å². The lowest BCUT2D eigenvalue weighted by molar-refractivity contribution is 0.414. The monoisotopic (exact) mass is 1980 g/mol. The Bertz CT molecular complexity index is 4840. The molecule has 0 bridgehead atoms. The molecule has 0 unspecified atom stereocenters. The van der Waals surface area contributed by atoms with Gasteiger partial charge in [0.25, 0.3) is 0 Å². The Morgan fingerprint density at radius 1 is 0.348 bits per heavy atom. The number of pyridine rings is 1. The Hall–Kier alpha value is -9.51. The summed E-state index contributed by atoms with van der Waals surface area (Å²) in [6.07, 6.45) is 45.8. The Kier molecular flexibility index (Phi) is 63.6. The van der Waals surface area contributed by atoms with Gasteiger partial charge in [-0.05, 0) is 350 Å². The van der Waals surface area contributed by atoms with Crippen molar-refractivity contribution in [1.29, 1.82) is 0 Å². The van der Waals surface area contributed by atoms with Crippen molar-refractivity contribution in [3.05, 3.63) is 339 Å². The van der Waals surface area contributed by atoms with Crippen LogP contribution in [0.1, 0.15) is 336 Å². The number of aromatic nitrogens is 5. The third-order valence-corrected chi connectivity index (χ3v) is 26.5. The number of hydrogen-bond donors (Lipinski definition) is 2. The molecule has 3 aliphatic rings. The first-order valence-corrected chi connectivity index (χ1v) is 56.0. The molecule has 0 spiro atoms. The van der Waals surface area contributed by atoms with Crippen molar-refractivity contribution in [2.45, 2.75) is 364 Å². The summed E-state index contributed by atoms with van der Waals surface area (Å²) in [4.78, 5) is 14.3. The van der Waals surface area contributed by atoms with E-state index in [0.717, 1.165) is 83.6 Å². The average Bonchev–Trinajstić information content (AvgIpc) is 1.82. The number of H-pyrrole nitrogens is 1. The van der Waals surface area contributed by atoms with E-state index in [1.165, 1.54) is 276 Å². The standard InChI is InChI=1S/C14H19N.C13H20O.C13H18.C13H20.C12H17Br.C12H17N.C12H19N.C12H18.C11H15N.C11H17N.C8H15N3/c1-11(2)6-5-7-12-10-15-14-9-4-3-8-13(12)14;1-11(2)5-4-6-12-7-9-13(14-3)10-8-12;1-10(2)7-11-8-12-5-3-4-6-13(12)9-11;1-12(2)8-6-7-11-13-9-4-3-5-10-13;1-10(2)4-3-5-11-6-8-12(13)9-7-11;1-10(2)13-9-5-7-11-6-3-4-8-12(11)13;1-10(2)4-3-5-11-6-8-12(13)9-7-11;1-11(2)7-6-10-12-8-4-3-5-9-12;1-9(2)12-8-7-10-5-3-4-6-11(10)12;1-10(2)6-5-8-11-7-3-4-9-12-11;1-8(2)4-3-7-11-9-5-6-10-11/h3-4,8-11,15H,5-7H2,1-2H3;7-11H,4-6H2,1-3H3;3-6,10-11H,7-9H2,1-2H3;3-5,9-10,12H,6-8,11H2,1-2H3;6-10H,3-5H2,1-2H3;3-4,6,8,10H,5,7,9H2,1-2H3;6-10H,3-5,13H2,1-2H3;3-5,8-9,11H,6-7,10H2,1-2H3;3-6,9H,7-8H2,1-2H3;3-4,7,9-10H,5-6,8H2,1-2H3;5-6,8H,3-4,7H2,1-2H3. The van der Waals surface area contributed by atoms with E-state index in [2.05, 4.69) is 423 Å². The third kappa shape index (κ3) is 57.0. The second kappa shape index (κ2) is 73.5. The summed E-state index contributed by atoms with van der Waals surface area (Å²) in [5, 5.41) is 9.43. The average molecular weight is 1980 g/mol. The van der Waals surface area contributed by atoms with Crippen LogP contribution in [0.3, 0.4) is 0 Å². The normalized spacial score (nSPS) is 12.2. The molecule has 1 aliphatic carbocycles. The van der Waals surface area contributed by atoms with Crippen LogP contribution in [0.15, 0.2) is 278 Å². The molecule has 141 heavy (non-hydrogen) atoms. The van der Waals surface area contributed by atoms with Crippen LogP contribution in [0, 0.1) is 59.2 Å². The van der Waals surface area contributed by atoms with Crippen molar-refractivity contribution in [2.24, 2.45) is 59.2 Å². The number of nitrogen functional groups attached to an aromatic ring is 1. The number of unbranched alkanes of at least 4 members (excludes halogenated alkanes) is 1. The number of anilines is 3. The number of methoxy groups -OCH3 is 1. The van der Waals surface area contributed by atoms with E-state index < -0.39 is 0 Å². The van der Waals surface area contributed by atoms with Gasteiger partial charge in [0.2, 0.25) is 0 Å². The summed E-state index contributed by atoms with van der Waals surface area (Å²) >= 11 is 3.44. The number of benzene rings is 9. The van der Waals surface area contributed by atoms with Gasteiger partial charge in [-0.15, -0.1) is 0 Å². The van der Waals surface area contributed by atoms with E-state index in [-0.39, 0.29) is 0 Å². The van der Waals surface area contributed by atoms with E-state index in [0.29, 0.717) is 12.1 Å². The molecule has 5 heterocycles. The fraction of sp³-hybridized carbons (Fsp3) is 0.519. The Labute approximate surface area is 871 Å². The van der Waals surface area contributed by atoms with Crippen LogP contribution in [0.25, 0.3) is 10.9 Å². The molecule has 9 aromatic carbocycles. The number of nitrogens with one attached hydrogen (secondary N) is 1. The van der Waals surface area contributed by atoms with Gasteiger partial charge in [-0.2, -0.15) is 15.0 Å². The maximum absolute atomic E-state index is 5.60. The topological polar surface area (TPSA) is 101 Å². The molecule has 3 N–H and O–H groups in total. The summed E-state index contributed by atoms with van der Waals surface area (Å²) in [7, 11) is 1.70. The van der Waals surface area contributed by atoms with Crippen molar-refractivity contribution in [2.75, 3.05) is 35.7 Å². The highest BCUT2D eigenvalue weighted by Gasteiger charge is 2.23. The second-order valence-corrected chi connectivity index (χ2v) is 44.7. The lowest BCUT2D eigenvalue weighted by Crippen LogP contribution is -2.35. The first kappa shape index (κ1) is 122. The maximum atomic E-state index is 5.60. The SMILES string of the molecule is CC(C)CC1Cc2ccccc2C1.CC(C)CCCCc1ccccc1.CC(C)CCCc1c[nH]c2ccccc12.CC(C)CCCc1ccc(Br)cc1.CC(C)CCCc1ccc(N)cc1.CC(C)CCCc1ccccc1.CC(C)CCCc1ccccn1.CC(C)CCCn1nccn1.CC(C)N1CCCc2ccccc21.CC(C)N1CCc2ccccc21.COc1ccc(CCCC(C)C)cc1. The van der Waals surface area contributed by atoms with Crippen LogP contribution >= 0.6 is 15.9 Å². The number of fused-ring (bicyclic) bond motifs is 4. The summed E-state index contributed by atoms with van der Waals surface area (Å²) in [6, 6.07) is 89.0. The Morgan fingerprint density at radius 2 is 0.723 bits per heavy atom. The molecule has 10 heteroatoms. The van der Waals surface area contributed by atoms with Crippen LogP contribution in [0.2, 0.25) is 0 Å². The van der Waals surface area contributed by atoms with Gasteiger partial charge >= 0.3 is 0 Å². The number of halogens is 1. The lowest BCUT2D eigenvalue weighted by Gasteiger charge is -2.34.